The highest BCUT2D eigenvalue weighted by Gasteiger charge is 2.40. The zero-order valence-electron chi connectivity index (χ0n) is 11.6. The van der Waals surface area contributed by atoms with Gasteiger partial charge in [0.15, 0.2) is 0 Å². The van der Waals surface area contributed by atoms with Gasteiger partial charge in [0.2, 0.25) is 5.91 Å². The van der Waals surface area contributed by atoms with E-state index < -0.39 is 0 Å². The van der Waals surface area contributed by atoms with Gasteiger partial charge < -0.3 is 11.1 Å². The van der Waals surface area contributed by atoms with Crippen molar-refractivity contribution in [3.8, 4) is 0 Å². The molecule has 1 aliphatic rings. The van der Waals surface area contributed by atoms with Gasteiger partial charge in [-0.1, -0.05) is 20.8 Å². The van der Waals surface area contributed by atoms with Crippen molar-refractivity contribution in [3.63, 3.8) is 0 Å². The van der Waals surface area contributed by atoms with E-state index in [4.69, 9.17) is 5.73 Å². The first kappa shape index (κ1) is 14.5. The van der Waals surface area contributed by atoms with Gasteiger partial charge in [-0.25, -0.2) is 0 Å². The van der Waals surface area contributed by atoms with Crippen LogP contribution in [-0.4, -0.2) is 19.0 Å². The Labute approximate surface area is 106 Å². The minimum atomic E-state index is 0.189. The van der Waals surface area contributed by atoms with Gasteiger partial charge >= 0.3 is 0 Å². The summed E-state index contributed by atoms with van der Waals surface area (Å²) in [6.07, 6.45) is 6.29. The van der Waals surface area contributed by atoms with E-state index in [1.165, 1.54) is 19.3 Å². The van der Waals surface area contributed by atoms with Crippen LogP contribution in [0.5, 0.6) is 0 Å². The van der Waals surface area contributed by atoms with Crippen LogP contribution in [0.4, 0.5) is 0 Å². The van der Waals surface area contributed by atoms with Crippen molar-refractivity contribution in [1.82, 2.24) is 5.32 Å². The van der Waals surface area contributed by atoms with Crippen molar-refractivity contribution in [2.24, 2.45) is 16.6 Å². The predicted octanol–water partition coefficient (Wildman–Crippen LogP) is 2.45. The topological polar surface area (TPSA) is 55.1 Å². The molecule has 1 saturated carbocycles. The maximum absolute atomic E-state index is 11.7. The Morgan fingerprint density at radius 2 is 2.00 bits per heavy atom. The standard InChI is InChI=1S/C14H28N2O/c1-4-14(7-8-14)11-16-12(17)5-6-13(2,3)9-10-15/h4-11,15H2,1-3H3,(H,16,17). The Hall–Kier alpha value is -0.570. The second kappa shape index (κ2) is 5.85. The molecule has 0 heterocycles. The van der Waals surface area contributed by atoms with Gasteiger partial charge in [0.05, 0.1) is 0 Å². The summed E-state index contributed by atoms with van der Waals surface area (Å²) in [6.45, 7) is 8.15. The van der Waals surface area contributed by atoms with E-state index in [0.29, 0.717) is 18.4 Å². The highest BCUT2D eigenvalue weighted by molar-refractivity contribution is 5.75. The molecule has 3 N–H and O–H groups in total. The van der Waals surface area contributed by atoms with E-state index in [1.807, 2.05) is 0 Å². The van der Waals surface area contributed by atoms with E-state index in [2.05, 4.69) is 26.1 Å². The molecule has 1 aliphatic carbocycles. The molecule has 0 saturated heterocycles. The summed E-state index contributed by atoms with van der Waals surface area (Å²) >= 11 is 0. The van der Waals surface area contributed by atoms with Crippen molar-refractivity contribution in [2.45, 2.75) is 59.3 Å². The summed E-state index contributed by atoms with van der Waals surface area (Å²) in [6, 6.07) is 0. The van der Waals surface area contributed by atoms with Crippen molar-refractivity contribution in [1.29, 1.82) is 0 Å². The van der Waals surface area contributed by atoms with Gasteiger partial charge in [-0.15, -0.1) is 0 Å². The van der Waals surface area contributed by atoms with Crippen LogP contribution in [0.3, 0.4) is 0 Å². The smallest absolute Gasteiger partial charge is 0.220 e. The Bertz CT molecular complexity index is 257. The second-order valence-corrected chi connectivity index (χ2v) is 6.33. The molecule has 0 atom stereocenters. The molecule has 0 aromatic rings. The van der Waals surface area contributed by atoms with Crippen LogP contribution in [0.1, 0.15) is 59.3 Å². The van der Waals surface area contributed by atoms with Crippen LogP contribution in [0.25, 0.3) is 0 Å². The third-order valence-corrected chi connectivity index (χ3v) is 4.22. The predicted molar refractivity (Wildman–Crippen MR) is 71.7 cm³/mol. The summed E-state index contributed by atoms with van der Waals surface area (Å²) in [5.41, 5.74) is 6.20. The molecule has 0 bridgehead atoms. The molecular formula is C14H28N2O. The lowest BCUT2D eigenvalue weighted by molar-refractivity contribution is -0.121. The Morgan fingerprint density at radius 3 is 2.47 bits per heavy atom. The van der Waals surface area contributed by atoms with Crippen LogP contribution in [0.2, 0.25) is 0 Å². The van der Waals surface area contributed by atoms with Crippen LogP contribution < -0.4 is 11.1 Å². The minimum absolute atomic E-state index is 0.189. The lowest BCUT2D eigenvalue weighted by Crippen LogP contribution is -2.31. The fraction of sp³-hybridized carbons (Fsp3) is 0.929. The lowest BCUT2D eigenvalue weighted by atomic mass is 9.84. The van der Waals surface area contributed by atoms with Crippen LogP contribution in [0.15, 0.2) is 0 Å². The SMILES string of the molecule is CCC1(CNC(=O)CCC(C)(C)CCN)CC1. The van der Waals surface area contributed by atoms with Crippen LogP contribution in [-0.2, 0) is 4.79 Å². The molecule has 100 valence electrons. The Balaban J connectivity index is 2.17. The highest BCUT2D eigenvalue weighted by atomic mass is 16.1. The van der Waals surface area contributed by atoms with Crippen molar-refractivity contribution in [2.75, 3.05) is 13.1 Å². The average Bonchev–Trinajstić information content (AvgIpc) is 3.04. The van der Waals surface area contributed by atoms with E-state index in [1.54, 1.807) is 0 Å². The third kappa shape index (κ3) is 5.07. The minimum Gasteiger partial charge on any atom is -0.356 e. The molecule has 0 aromatic carbocycles. The number of nitrogens with two attached hydrogens (primary N) is 1. The van der Waals surface area contributed by atoms with Gasteiger partial charge in [0.1, 0.15) is 0 Å². The van der Waals surface area contributed by atoms with Crippen molar-refractivity contribution >= 4 is 5.91 Å². The molecule has 0 unspecified atom stereocenters. The number of nitrogens with one attached hydrogen (secondary N) is 1. The summed E-state index contributed by atoms with van der Waals surface area (Å²) in [5, 5.41) is 3.08. The molecule has 0 spiro atoms. The molecule has 0 radical (unpaired) electrons. The number of hydrogen-bond acceptors (Lipinski definition) is 2. The molecule has 0 aliphatic heterocycles. The summed E-state index contributed by atoms with van der Waals surface area (Å²) in [5.74, 6) is 0.204. The van der Waals surface area contributed by atoms with Crippen molar-refractivity contribution in [3.05, 3.63) is 0 Å². The first-order valence-corrected chi connectivity index (χ1v) is 6.90. The molecule has 3 nitrogen and oxygen atoms in total. The first-order valence-electron chi connectivity index (χ1n) is 6.90. The fourth-order valence-corrected chi connectivity index (χ4v) is 2.17. The quantitative estimate of drug-likeness (QED) is 0.684. The zero-order valence-corrected chi connectivity index (χ0v) is 11.6. The van der Waals surface area contributed by atoms with Crippen molar-refractivity contribution < 1.29 is 4.79 Å². The van der Waals surface area contributed by atoms with Crippen LogP contribution >= 0.6 is 0 Å². The lowest BCUT2D eigenvalue weighted by Gasteiger charge is -2.23. The maximum Gasteiger partial charge on any atom is 0.220 e. The molecule has 0 aromatic heterocycles. The molecular weight excluding hydrogens is 212 g/mol. The van der Waals surface area contributed by atoms with Gasteiger partial charge in [0, 0.05) is 13.0 Å². The molecule has 3 heteroatoms. The first-order chi connectivity index (χ1) is 7.93. The molecule has 1 fully saturated rings. The van der Waals surface area contributed by atoms with E-state index in [0.717, 1.165) is 19.4 Å². The van der Waals surface area contributed by atoms with E-state index >= 15 is 0 Å². The number of carbonyl (C=O) groups is 1. The Kier molecular flexibility index (Phi) is 4.99. The normalized spacial score (nSPS) is 17.9. The molecule has 1 amide bonds. The average molecular weight is 240 g/mol. The van der Waals surface area contributed by atoms with Gasteiger partial charge in [-0.2, -0.15) is 0 Å². The maximum atomic E-state index is 11.7. The molecule has 17 heavy (non-hydrogen) atoms. The monoisotopic (exact) mass is 240 g/mol. The summed E-state index contributed by atoms with van der Waals surface area (Å²) in [4.78, 5) is 11.7. The summed E-state index contributed by atoms with van der Waals surface area (Å²) in [7, 11) is 0. The van der Waals surface area contributed by atoms with Crippen LogP contribution in [0, 0.1) is 10.8 Å². The number of amides is 1. The van der Waals surface area contributed by atoms with E-state index in [9.17, 15) is 4.79 Å². The van der Waals surface area contributed by atoms with Gasteiger partial charge in [-0.05, 0) is 49.5 Å². The van der Waals surface area contributed by atoms with Gasteiger partial charge in [0.25, 0.3) is 0 Å². The third-order valence-electron chi connectivity index (χ3n) is 4.22. The fourth-order valence-electron chi connectivity index (χ4n) is 2.17. The van der Waals surface area contributed by atoms with Gasteiger partial charge in [-0.3, -0.25) is 4.79 Å². The number of rotatable bonds is 8. The second-order valence-electron chi connectivity index (χ2n) is 6.33. The zero-order chi connectivity index (χ0) is 12.9. The van der Waals surface area contributed by atoms with E-state index in [-0.39, 0.29) is 11.3 Å². The highest BCUT2D eigenvalue weighted by Crippen LogP contribution is 2.47. The number of hydrogen-bond donors (Lipinski definition) is 2. The summed E-state index contributed by atoms with van der Waals surface area (Å²) < 4.78 is 0. The number of carbonyl (C=O) groups excluding carboxylic acids is 1. The Morgan fingerprint density at radius 1 is 1.35 bits per heavy atom. The largest absolute Gasteiger partial charge is 0.356 e. The molecule has 1 rings (SSSR count).